The number of rotatable bonds is 6. The lowest BCUT2D eigenvalue weighted by atomic mass is 10.1. The van der Waals surface area contributed by atoms with Crippen molar-refractivity contribution in [3.63, 3.8) is 0 Å². The van der Waals surface area contributed by atoms with Crippen LogP contribution in [0.2, 0.25) is 0 Å². The molecule has 2 aromatic heterocycles. The number of anilines is 1. The van der Waals surface area contributed by atoms with Gasteiger partial charge in [0.1, 0.15) is 10.8 Å². The number of piperidine rings is 1. The molecule has 26 heavy (non-hydrogen) atoms. The predicted molar refractivity (Wildman–Crippen MR) is 109 cm³/mol. The van der Waals surface area contributed by atoms with Crippen molar-refractivity contribution in [3.05, 3.63) is 40.5 Å². The van der Waals surface area contributed by atoms with Crippen LogP contribution in [0.15, 0.2) is 35.6 Å². The van der Waals surface area contributed by atoms with E-state index in [1.54, 1.807) is 11.3 Å². The minimum Gasteiger partial charge on any atom is -0.357 e. The van der Waals surface area contributed by atoms with Crippen LogP contribution in [0.25, 0.3) is 0 Å². The summed E-state index contributed by atoms with van der Waals surface area (Å²) in [6.07, 6.45) is 7.02. The summed E-state index contributed by atoms with van der Waals surface area (Å²) in [7, 11) is 0. The molecule has 0 amide bonds. The van der Waals surface area contributed by atoms with E-state index in [9.17, 15) is 0 Å². The van der Waals surface area contributed by atoms with Crippen molar-refractivity contribution in [2.45, 2.75) is 45.7 Å². The third kappa shape index (κ3) is 5.17. The van der Waals surface area contributed by atoms with Crippen molar-refractivity contribution in [2.75, 3.05) is 24.5 Å². The van der Waals surface area contributed by atoms with Gasteiger partial charge in [-0.05, 0) is 38.3 Å². The molecule has 0 atom stereocenters. The maximum Gasteiger partial charge on any atom is 0.191 e. The molecule has 0 radical (unpaired) electrons. The van der Waals surface area contributed by atoms with Crippen LogP contribution in [0.4, 0.5) is 5.82 Å². The van der Waals surface area contributed by atoms with Crippen molar-refractivity contribution in [2.24, 2.45) is 4.99 Å². The van der Waals surface area contributed by atoms with Gasteiger partial charge in [-0.1, -0.05) is 13.0 Å². The Bertz CT molecular complexity index is 691. The lowest BCUT2D eigenvalue weighted by Gasteiger charge is -2.33. The molecule has 2 aromatic rings. The summed E-state index contributed by atoms with van der Waals surface area (Å²) >= 11 is 1.75. The van der Waals surface area contributed by atoms with Crippen molar-refractivity contribution in [1.29, 1.82) is 0 Å². The van der Waals surface area contributed by atoms with E-state index in [-0.39, 0.29) is 0 Å². The number of nitrogens with zero attached hydrogens (tertiary/aromatic N) is 4. The van der Waals surface area contributed by atoms with Crippen LogP contribution in [0.3, 0.4) is 0 Å². The molecule has 0 unspecified atom stereocenters. The topological polar surface area (TPSA) is 65.4 Å². The summed E-state index contributed by atoms with van der Waals surface area (Å²) in [6.45, 7) is 7.77. The first-order chi connectivity index (χ1) is 12.8. The van der Waals surface area contributed by atoms with Gasteiger partial charge in [-0.15, -0.1) is 11.3 Å². The first-order valence-corrected chi connectivity index (χ1v) is 10.2. The molecule has 7 heteroatoms. The molecule has 1 aliphatic heterocycles. The van der Waals surface area contributed by atoms with Crippen LogP contribution in [0.1, 0.15) is 36.6 Å². The zero-order valence-corrected chi connectivity index (χ0v) is 16.4. The zero-order chi connectivity index (χ0) is 18.2. The zero-order valence-electron chi connectivity index (χ0n) is 15.6. The van der Waals surface area contributed by atoms with Crippen molar-refractivity contribution >= 4 is 23.1 Å². The summed E-state index contributed by atoms with van der Waals surface area (Å²) in [4.78, 5) is 17.3. The van der Waals surface area contributed by atoms with Gasteiger partial charge in [-0.3, -0.25) is 0 Å². The number of aromatic nitrogens is 2. The standard InChI is InChI=1S/C19H28N6S/c1-3-16-13-22-18(26-16)14-23-19(20-4-2)24-15-8-11-25(12-9-15)17-7-5-6-10-21-17/h5-7,10,13,15H,3-4,8-9,11-12,14H2,1-2H3,(H2,20,23,24). The summed E-state index contributed by atoms with van der Waals surface area (Å²) in [6, 6.07) is 6.53. The van der Waals surface area contributed by atoms with Gasteiger partial charge in [0.25, 0.3) is 0 Å². The van der Waals surface area contributed by atoms with Gasteiger partial charge >= 0.3 is 0 Å². The Morgan fingerprint density at radius 3 is 2.77 bits per heavy atom. The van der Waals surface area contributed by atoms with E-state index in [0.29, 0.717) is 12.6 Å². The van der Waals surface area contributed by atoms with Gasteiger partial charge in [0.2, 0.25) is 0 Å². The van der Waals surface area contributed by atoms with E-state index in [1.165, 1.54) is 4.88 Å². The number of guanidine groups is 1. The molecule has 140 valence electrons. The molecule has 0 spiro atoms. The van der Waals surface area contributed by atoms with Gasteiger partial charge in [0.05, 0.1) is 6.54 Å². The van der Waals surface area contributed by atoms with Gasteiger partial charge < -0.3 is 15.5 Å². The van der Waals surface area contributed by atoms with Crippen molar-refractivity contribution in [3.8, 4) is 0 Å². The van der Waals surface area contributed by atoms with Crippen LogP contribution in [-0.2, 0) is 13.0 Å². The predicted octanol–water partition coefficient (Wildman–Crippen LogP) is 2.82. The number of pyridine rings is 1. The van der Waals surface area contributed by atoms with E-state index in [2.05, 4.69) is 45.4 Å². The van der Waals surface area contributed by atoms with E-state index >= 15 is 0 Å². The Kier molecular flexibility index (Phi) is 6.82. The molecule has 0 bridgehead atoms. The minimum absolute atomic E-state index is 0.440. The second-order valence-electron chi connectivity index (χ2n) is 6.36. The molecule has 2 N–H and O–H groups in total. The lowest BCUT2D eigenvalue weighted by Crippen LogP contribution is -2.48. The number of aliphatic imine (C=N–C) groups is 1. The van der Waals surface area contributed by atoms with Gasteiger partial charge in [-0.25, -0.2) is 15.0 Å². The fraction of sp³-hybridized carbons (Fsp3) is 0.526. The molecule has 1 aliphatic rings. The first-order valence-electron chi connectivity index (χ1n) is 9.43. The molecule has 0 aliphatic carbocycles. The Balaban J connectivity index is 1.52. The first kappa shape index (κ1) is 18.6. The van der Waals surface area contributed by atoms with Gasteiger partial charge in [0, 0.05) is 42.9 Å². The fourth-order valence-corrected chi connectivity index (χ4v) is 3.83. The number of aryl methyl sites for hydroxylation is 1. The Morgan fingerprint density at radius 2 is 2.12 bits per heavy atom. The highest BCUT2D eigenvalue weighted by Crippen LogP contribution is 2.17. The van der Waals surface area contributed by atoms with Crippen LogP contribution in [0.5, 0.6) is 0 Å². The van der Waals surface area contributed by atoms with Crippen LogP contribution in [0, 0.1) is 0 Å². The molecule has 6 nitrogen and oxygen atoms in total. The number of thiazole rings is 1. The second-order valence-corrected chi connectivity index (χ2v) is 7.56. The molecule has 3 heterocycles. The van der Waals surface area contributed by atoms with Crippen LogP contribution in [-0.4, -0.2) is 41.6 Å². The second kappa shape index (κ2) is 9.52. The molecule has 3 rings (SSSR count). The van der Waals surface area contributed by atoms with E-state index < -0.39 is 0 Å². The summed E-state index contributed by atoms with van der Waals surface area (Å²) in [5, 5.41) is 8.02. The average molecular weight is 373 g/mol. The monoisotopic (exact) mass is 372 g/mol. The molecule has 0 aromatic carbocycles. The molecular weight excluding hydrogens is 344 g/mol. The quantitative estimate of drug-likeness (QED) is 0.603. The molecule has 1 saturated heterocycles. The fourth-order valence-electron chi connectivity index (χ4n) is 3.04. The van der Waals surface area contributed by atoms with E-state index in [1.807, 2.05) is 24.5 Å². The largest absolute Gasteiger partial charge is 0.357 e. The Labute approximate surface area is 159 Å². The van der Waals surface area contributed by atoms with Crippen LogP contribution < -0.4 is 15.5 Å². The van der Waals surface area contributed by atoms with Gasteiger partial charge in [0.15, 0.2) is 5.96 Å². The maximum absolute atomic E-state index is 4.72. The SMILES string of the molecule is CCNC(=NCc1ncc(CC)s1)NC1CCN(c2ccccn2)CC1. The highest BCUT2D eigenvalue weighted by Gasteiger charge is 2.20. The lowest BCUT2D eigenvalue weighted by molar-refractivity contribution is 0.459. The highest BCUT2D eigenvalue weighted by atomic mass is 32.1. The minimum atomic E-state index is 0.440. The third-order valence-corrected chi connectivity index (χ3v) is 5.60. The third-order valence-electron chi connectivity index (χ3n) is 4.48. The van der Waals surface area contributed by atoms with Crippen molar-refractivity contribution in [1.82, 2.24) is 20.6 Å². The smallest absolute Gasteiger partial charge is 0.191 e. The number of hydrogen-bond donors (Lipinski definition) is 2. The normalized spacial score (nSPS) is 15.9. The highest BCUT2D eigenvalue weighted by molar-refractivity contribution is 7.11. The molecule has 1 fully saturated rings. The molecule has 0 saturated carbocycles. The van der Waals surface area contributed by atoms with Crippen LogP contribution >= 0.6 is 11.3 Å². The summed E-state index contributed by atoms with van der Waals surface area (Å²) < 4.78 is 0. The average Bonchev–Trinajstić information content (AvgIpc) is 3.16. The summed E-state index contributed by atoms with van der Waals surface area (Å²) in [5.74, 6) is 1.96. The maximum atomic E-state index is 4.72. The van der Waals surface area contributed by atoms with Crippen molar-refractivity contribution < 1.29 is 0 Å². The molecular formula is C19H28N6S. The Morgan fingerprint density at radius 1 is 1.27 bits per heavy atom. The summed E-state index contributed by atoms with van der Waals surface area (Å²) in [5.41, 5.74) is 0. The number of nitrogens with one attached hydrogen (secondary N) is 2. The van der Waals surface area contributed by atoms with E-state index in [4.69, 9.17) is 4.99 Å². The Hall–Kier alpha value is -2.15. The number of hydrogen-bond acceptors (Lipinski definition) is 5. The van der Waals surface area contributed by atoms with Gasteiger partial charge in [-0.2, -0.15) is 0 Å². The van der Waals surface area contributed by atoms with E-state index in [0.717, 1.165) is 55.7 Å².